The van der Waals surface area contributed by atoms with Crippen LogP contribution in [0.1, 0.15) is 33.1 Å². The van der Waals surface area contributed by atoms with Gasteiger partial charge in [-0.1, -0.05) is 13.8 Å². The molecule has 0 spiro atoms. The molecule has 0 saturated carbocycles. The van der Waals surface area contributed by atoms with Gasteiger partial charge >= 0.3 is 11.9 Å². The van der Waals surface area contributed by atoms with Gasteiger partial charge in [0.2, 0.25) is 17.7 Å². The highest BCUT2D eigenvalue weighted by Crippen LogP contribution is 2.05. The highest BCUT2D eigenvalue weighted by molar-refractivity contribution is 5.93. The van der Waals surface area contributed by atoms with Gasteiger partial charge in [0.25, 0.3) is 0 Å². The van der Waals surface area contributed by atoms with Crippen molar-refractivity contribution in [3.63, 3.8) is 0 Å². The van der Waals surface area contributed by atoms with E-state index in [9.17, 15) is 24.0 Å². The van der Waals surface area contributed by atoms with Crippen LogP contribution in [0.2, 0.25) is 0 Å². The lowest BCUT2D eigenvalue weighted by Crippen LogP contribution is -2.56. The molecule has 0 heterocycles. The summed E-state index contributed by atoms with van der Waals surface area (Å²) in [6.45, 7) is 3.22. The first-order chi connectivity index (χ1) is 11.5. The van der Waals surface area contributed by atoms with Gasteiger partial charge in [0, 0.05) is 6.42 Å². The van der Waals surface area contributed by atoms with Crippen LogP contribution in [0.25, 0.3) is 0 Å². The first-order valence-corrected chi connectivity index (χ1v) is 7.54. The standard InChI is InChI=1S/C14H24N4O7/c1-6(2)11(18-12(22)7(15)5-9(16)19)13(23)17-8(14(24)25)3-4-10(20)21/h6-8,11H,3-5,15H2,1-2H3,(H2,16,19)(H,17,23)(H,18,22)(H,20,21)(H,24,25). The Balaban J connectivity index is 4.97. The number of nitrogens with two attached hydrogens (primary N) is 2. The van der Waals surface area contributed by atoms with E-state index in [1.54, 1.807) is 13.8 Å². The fourth-order valence-electron chi connectivity index (χ4n) is 1.89. The smallest absolute Gasteiger partial charge is 0.326 e. The van der Waals surface area contributed by atoms with Crippen LogP contribution in [-0.2, 0) is 24.0 Å². The summed E-state index contributed by atoms with van der Waals surface area (Å²) in [5.74, 6) is -5.38. The number of primary amides is 1. The van der Waals surface area contributed by atoms with Crippen LogP contribution in [-0.4, -0.2) is 58.0 Å². The monoisotopic (exact) mass is 360 g/mol. The SMILES string of the molecule is CC(C)C(NC(=O)C(N)CC(N)=O)C(=O)NC(CCC(=O)O)C(=O)O. The molecule has 3 amide bonds. The largest absolute Gasteiger partial charge is 0.481 e. The Labute approximate surface area is 144 Å². The van der Waals surface area contributed by atoms with Crippen LogP contribution in [0.3, 0.4) is 0 Å². The lowest BCUT2D eigenvalue weighted by Gasteiger charge is -2.25. The van der Waals surface area contributed by atoms with Crippen molar-refractivity contribution < 1.29 is 34.2 Å². The molecule has 11 heteroatoms. The van der Waals surface area contributed by atoms with E-state index in [4.69, 9.17) is 21.7 Å². The quantitative estimate of drug-likeness (QED) is 0.237. The number of nitrogens with one attached hydrogen (secondary N) is 2. The molecule has 0 aromatic heterocycles. The van der Waals surface area contributed by atoms with E-state index in [0.29, 0.717) is 0 Å². The molecule has 3 unspecified atom stereocenters. The Morgan fingerprint density at radius 3 is 1.96 bits per heavy atom. The summed E-state index contributed by atoms with van der Waals surface area (Å²) in [5, 5.41) is 22.2. The number of carbonyl (C=O) groups excluding carboxylic acids is 3. The van der Waals surface area contributed by atoms with E-state index >= 15 is 0 Å². The Bertz CT molecular complexity index is 535. The molecular formula is C14H24N4O7. The van der Waals surface area contributed by atoms with Crippen molar-refractivity contribution in [2.45, 2.75) is 51.2 Å². The van der Waals surface area contributed by atoms with Gasteiger partial charge in [0.1, 0.15) is 12.1 Å². The predicted octanol–water partition coefficient (Wildman–Crippen LogP) is -2.24. The fraction of sp³-hybridized carbons (Fsp3) is 0.643. The third-order valence-electron chi connectivity index (χ3n) is 3.27. The lowest BCUT2D eigenvalue weighted by atomic mass is 10.0. The molecule has 0 aromatic rings. The van der Waals surface area contributed by atoms with Crippen LogP contribution in [0.5, 0.6) is 0 Å². The maximum Gasteiger partial charge on any atom is 0.326 e. The Morgan fingerprint density at radius 2 is 1.56 bits per heavy atom. The van der Waals surface area contributed by atoms with Gasteiger partial charge in [-0.2, -0.15) is 0 Å². The number of rotatable bonds is 11. The molecule has 0 rings (SSSR count). The molecule has 25 heavy (non-hydrogen) atoms. The van der Waals surface area contributed by atoms with Crippen molar-refractivity contribution in [1.82, 2.24) is 10.6 Å². The number of hydrogen-bond donors (Lipinski definition) is 6. The third kappa shape index (κ3) is 8.65. The first-order valence-electron chi connectivity index (χ1n) is 7.54. The Hall–Kier alpha value is -2.69. The molecule has 0 aliphatic rings. The van der Waals surface area contributed by atoms with E-state index in [1.807, 2.05) is 0 Å². The van der Waals surface area contributed by atoms with E-state index in [0.717, 1.165) is 0 Å². The average molecular weight is 360 g/mol. The van der Waals surface area contributed by atoms with Gasteiger partial charge in [0.15, 0.2) is 0 Å². The van der Waals surface area contributed by atoms with Crippen LogP contribution in [0.4, 0.5) is 0 Å². The van der Waals surface area contributed by atoms with Gasteiger partial charge in [-0.25, -0.2) is 4.79 Å². The number of hydrogen-bond acceptors (Lipinski definition) is 6. The minimum Gasteiger partial charge on any atom is -0.481 e. The summed E-state index contributed by atoms with van der Waals surface area (Å²) in [6, 6.07) is -3.77. The minimum atomic E-state index is -1.42. The molecule has 0 bridgehead atoms. The summed E-state index contributed by atoms with van der Waals surface area (Å²) in [5.41, 5.74) is 10.4. The molecule has 0 saturated heterocycles. The molecule has 8 N–H and O–H groups in total. The van der Waals surface area contributed by atoms with E-state index in [-0.39, 0.29) is 6.42 Å². The van der Waals surface area contributed by atoms with Crippen molar-refractivity contribution in [3.05, 3.63) is 0 Å². The third-order valence-corrected chi connectivity index (χ3v) is 3.27. The maximum atomic E-state index is 12.3. The number of carbonyl (C=O) groups is 5. The highest BCUT2D eigenvalue weighted by Gasteiger charge is 2.30. The molecule has 0 aliphatic carbocycles. The van der Waals surface area contributed by atoms with Crippen molar-refractivity contribution in [1.29, 1.82) is 0 Å². The topological polar surface area (TPSA) is 202 Å². The average Bonchev–Trinajstić information content (AvgIpc) is 2.46. The van der Waals surface area contributed by atoms with Crippen LogP contribution >= 0.6 is 0 Å². The zero-order valence-corrected chi connectivity index (χ0v) is 14.0. The maximum absolute atomic E-state index is 12.3. The highest BCUT2D eigenvalue weighted by atomic mass is 16.4. The van der Waals surface area contributed by atoms with Crippen molar-refractivity contribution in [2.75, 3.05) is 0 Å². The number of carboxylic acids is 2. The lowest BCUT2D eigenvalue weighted by molar-refractivity contribution is -0.143. The van der Waals surface area contributed by atoms with Crippen molar-refractivity contribution in [3.8, 4) is 0 Å². The summed E-state index contributed by atoms with van der Waals surface area (Å²) in [6.07, 6.45) is -1.16. The van der Waals surface area contributed by atoms with Gasteiger partial charge in [-0.05, 0) is 12.3 Å². The predicted molar refractivity (Wildman–Crippen MR) is 85.0 cm³/mol. The molecule has 142 valence electrons. The van der Waals surface area contributed by atoms with Gasteiger partial charge in [0.05, 0.1) is 12.5 Å². The minimum absolute atomic E-state index is 0.309. The Morgan fingerprint density at radius 1 is 1.00 bits per heavy atom. The van der Waals surface area contributed by atoms with Crippen molar-refractivity contribution >= 4 is 29.7 Å². The molecular weight excluding hydrogens is 336 g/mol. The van der Waals surface area contributed by atoms with Gasteiger partial charge in [-0.15, -0.1) is 0 Å². The summed E-state index contributed by atoms with van der Waals surface area (Å²) in [4.78, 5) is 56.6. The normalized spacial score (nSPS) is 14.2. The number of aliphatic carboxylic acids is 2. The molecule has 0 aliphatic heterocycles. The summed E-state index contributed by atoms with van der Waals surface area (Å²) < 4.78 is 0. The number of amides is 3. The zero-order valence-electron chi connectivity index (χ0n) is 14.0. The first kappa shape index (κ1) is 22.3. The van der Waals surface area contributed by atoms with E-state index in [2.05, 4.69) is 10.6 Å². The van der Waals surface area contributed by atoms with Crippen molar-refractivity contribution in [2.24, 2.45) is 17.4 Å². The molecule has 0 radical (unpaired) electrons. The molecule has 0 aromatic carbocycles. The molecule has 11 nitrogen and oxygen atoms in total. The van der Waals surface area contributed by atoms with Crippen LogP contribution in [0.15, 0.2) is 0 Å². The van der Waals surface area contributed by atoms with Crippen LogP contribution in [0, 0.1) is 5.92 Å². The molecule has 3 atom stereocenters. The molecule has 0 fully saturated rings. The zero-order chi connectivity index (χ0) is 19.7. The second-order valence-corrected chi connectivity index (χ2v) is 5.84. The van der Waals surface area contributed by atoms with E-state index < -0.39 is 66.5 Å². The number of carboxylic acid groups (broad SMARTS) is 2. The Kier molecular flexibility index (Phi) is 9.13. The second-order valence-electron chi connectivity index (χ2n) is 5.84. The van der Waals surface area contributed by atoms with Gasteiger partial charge < -0.3 is 32.3 Å². The second kappa shape index (κ2) is 10.2. The van der Waals surface area contributed by atoms with Crippen LogP contribution < -0.4 is 22.1 Å². The van der Waals surface area contributed by atoms with Gasteiger partial charge in [-0.3, -0.25) is 19.2 Å². The fourth-order valence-corrected chi connectivity index (χ4v) is 1.89. The summed E-state index contributed by atoms with van der Waals surface area (Å²) >= 11 is 0. The van der Waals surface area contributed by atoms with E-state index in [1.165, 1.54) is 0 Å². The summed E-state index contributed by atoms with van der Waals surface area (Å²) in [7, 11) is 0.